The second-order valence-corrected chi connectivity index (χ2v) is 14.6. The number of aldehydes is 1. The predicted octanol–water partition coefficient (Wildman–Crippen LogP) is 5.25. The number of carbonyl (C=O) groups is 3. The van der Waals surface area contributed by atoms with Crippen LogP contribution in [0, 0.1) is 0 Å². The van der Waals surface area contributed by atoms with Gasteiger partial charge in [-0.25, -0.2) is 9.28 Å². The lowest BCUT2D eigenvalue weighted by Crippen LogP contribution is -2.78. The van der Waals surface area contributed by atoms with E-state index in [1.165, 1.54) is 0 Å². The number of nitrogens with one attached hydrogen (secondary N) is 1. The molecule has 3 fully saturated rings. The van der Waals surface area contributed by atoms with Gasteiger partial charge in [0.05, 0.1) is 30.1 Å². The number of piperazine rings is 1. The molecule has 4 aliphatic heterocycles. The summed E-state index contributed by atoms with van der Waals surface area (Å²) in [6, 6.07) is 10.8. The van der Waals surface area contributed by atoms with Gasteiger partial charge in [0.2, 0.25) is 0 Å². The van der Waals surface area contributed by atoms with Gasteiger partial charge >= 0.3 is 12.1 Å². The summed E-state index contributed by atoms with van der Waals surface area (Å²) < 4.78 is 5.09. The topological polar surface area (TPSA) is 106 Å². The summed E-state index contributed by atoms with van der Waals surface area (Å²) in [6.07, 6.45) is 3.16. The first-order valence-corrected chi connectivity index (χ1v) is 17.7. The number of methoxy groups -OCH3 is 1. The van der Waals surface area contributed by atoms with Crippen molar-refractivity contribution in [1.82, 2.24) is 19.6 Å². The Bertz CT molecular complexity index is 1510. The van der Waals surface area contributed by atoms with Crippen molar-refractivity contribution >= 4 is 47.3 Å². The largest absolute Gasteiger partial charge is 0.515 e. The van der Waals surface area contributed by atoms with Gasteiger partial charge in [0.15, 0.2) is 5.66 Å². The van der Waals surface area contributed by atoms with E-state index in [4.69, 9.17) is 27.9 Å². The zero-order chi connectivity index (χ0) is 34.1. The number of carboxylic acid groups (broad SMARTS) is 1. The van der Waals surface area contributed by atoms with Gasteiger partial charge in [-0.15, -0.1) is 0 Å². The number of quaternary nitrogens is 1. The van der Waals surface area contributed by atoms with E-state index < -0.39 is 11.8 Å². The molecule has 13 heteroatoms. The Balaban J connectivity index is 1.34. The van der Waals surface area contributed by atoms with Crippen LogP contribution >= 0.6 is 23.2 Å². The van der Waals surface area contributed by atoms with Gasteiger partial charge in [0, 0.05) is 82.0 Å². The Kier molecular flexibility index (Phi) is 10.6. The number of nitrogens with zero attached hydrogens (tertiary/aromatic N) is 5. The summed E-state index contributed by atoms with van der Waals surface area (Å²) in [6.45, 7) is 6.31. The number of piperidine rings is 2. The van der Waals surface area contributed by atoms with Crippen molar-refractivity contribution in [3.05, 3.63) is 57.6 Å². The minimum atomic E-state index is -1.08. The van der Waals surface area contributed by atoms with Gasteiger partial charge in [-0.1, -0.05) is 29.3 Å². The minimum Gasteiger partial charge on any atom is -0.497 e. The molecule has 6 rings (SSSR count). The van der Waals surface area contributed by atoms with Crippen molar-refractivity contribution in [2.75, 3.05) is 71.8 Å². The molecule has 2 unspecified atom stereocenters. The SMILES string of the molecule is COc1ccc2c(c1)CCN(C1CC[N@+](Cc3ccc(Cl)c(Cl)c3)(C(=O)O)C(CC=O)(N3CCC(N4CCN(C)CC4)CC3)C1)C(=O)N2. The molecular formula is C35H47Cl2N6O5+. The van der Waals surface area contributed by atoms with Crippen LogP contribution in [-0.2, 0) is 17.8 Å². The smallest absolute Gasteiger partial charge is 0.497 e. The summed E-state index contributed by atoms with van der Waals surface area (Å²) in [5.74, 6) is 0.727. The number of rotatable bonds is 8. The highest BCUT2D eigenvalue weighted by atomic mass is 35.5. The molecule has 4 heterocycles. The number of likely N-dealkylation sites (tertiary alicyclic amines) is 2. The Labute approximate surface area is 292 Å². The maximum absolute atomic E-state index is 13.8. The average molecular weight is 703 g/mol. The zero-order valence-corrected chi connectivity index (χ0v) is 29.4. The second kappa shape index (κ2) is 14.5. The van der Waals surface area contributed by atoms with E-state index >= 15 is 0 Å². The Hall–Kier alpha value is -2.93. The van der Waals surface area contributed by atoms with Gasteiger partial charge in [0.1, 0.15) is 18.6 Å². The first kappa shape index (κ1) is 34.9. The third-order valence-corrected chi connectivity index (χ3v) is 12.1. The fraction of sp³-hybridized carbons (Fsp3) is 0.571. The number of amides is 3. The first-order valence-electron chi connectivity index (χ1n) is 17.0. The highest BCUT2D eigenvalue weighted by molar-refractivity contribution is 6.42. The molecule has 3 amide bonds. The zero-order valence-electron chi connectivity index (χ0n) is 27.9. The normalized spacial score (nSPS) is 28.0. The quantitative estimate of drug-likeness (QED) is 0.284. The predicted molar refractivity (Wildman–Crippen MR) is 186 cm³/mol. The first-order chi connectivity index (χ1) is 23.1. The minimum absolute atomic E-state index is 0.0309. The van der Waals surface area contributed by atoms with Crippen molar-refractivity contribution in [2.45, 2.75) is 62.8 Å². The van der Waals surface area contributed by atoms with Crippen molar-refractivity contribution in [3.8, 4) is 5.75 Å². The lowest BCUT2D eigenvalue weighted by Gasteiger charge is -2.59. The van der Waals surface area contributed by atoms with Crippen molar-refractivity contribution < 1.29 is 28.7 Å². The van der Waals surface area contributed by atoms with E-state index in [0.29, 0.717) is 55.0 Å². The number of hydrogen-bond donors (Lipinski definition) is 2. The fourth-order valence-corrected chi connectivity index (χ4v) is 8.99. The van der Waals surface area contributed by atoms with Gasteiger partial charge in [-0.2, -0.15) is 4.79 Å². The lowest BCUT2D eigenvalue weighted by molar-refractivity contribution is -0.942. The van der Waals surface area contributed by atoms with Gasteiger partial charge < -0.3 is 29.8 Å². The standard InChI is InChI=1S/C35H46Cl2N6O5/c1-39-15-17-40(18-16-39)27-8-12-41(13-9-27)35(11-20-44)23-28(42-14-7-26-22-29(48-2)4-6-32(26)38-33(42)45)10-19-43(35,34(46)47)24-25-3-5-30(36)31(37)21-25/h3-6,20-22,27-28H,7-19,23-24H2,1-2H3,(H-,38,45,46,47)/p+1/t28?,35?,43-/m0/s1. The lowest BCUT2D eigenvalue weighted by atomic mass is 9.81. The van der Waals surface area contributed by atoms with Crippen molar-refractivity contribution in [2.24, 2.45) is 0 Å². The van der Waals surface area contributed by atoms with Crippen LogP contribution < -0.4 is 10.1 Å². The molecule has 0 aromatic heterocycles. The highest BCUT2D eigenvalue weighted by Gasteiger charge is 2.64. The van der Waals surface area contributed by atoms with Crippen LogP contribution in [0.4, 0.5) is 15.3 Å². The Morgan fingerprint density at radius 2 is 1.77 bits per heavy atom. The number of halogens is 2. The van der Waals surface area contributed by atoms with E-state index in [1.807, 2.05) is 29.2 Å². The third-order valence-electron chi connectivity index (χ3n) is 11.4. The van der Waals surface area contributed by atoms with Gasteiger partial charge in [-0.05, 0) is 62.2 Å². The van der Waals surface area contributed by atoms with E-state index in [2.05, 4.69) is 27.1 Å². The Morgan fingerprint density at radius 1 is 1.02 bits per heavy atom. The molecule has 0 radical (unpaired) electrons. The molecule has 0 aliphatic carbocycles. The monoisotopic (exact) mass is 701 g/mol. The molecule has 0 saturated carbocycles. The molecule has 2 aromatic carbocycles. The number of carbonyl (C=O) groups excluding carboxylic acids is 2. The van der Waals surface area contributed by atoms with E-state index in [1.54, 1.807) is 19.2 Å². The van der Waals surface area contributed by atoms with Crippen LogP contribution in [0.15, 0.2) is 36.4 Å². The fourth-order valence-electron chi connectivity index (χ4n) is 8.67. The number of hydrogen-bond acceptors (Lipinski definition) is 7. The van der Waals surface area contributed by atoms with Gasteiger partial charge in [-0.3, -0.25) is 9.80 Å². The second-order valence-electron chi connectivity index (χ2n) is 13.8. The summed E-state index contributed by atoms with van der Waals surface area (Å²) in [5, 5.41) is 15.1. The summed E-state index contributed by atoms with van der Waals surface area (Å²) in [5.41, 5.74) is 1.39. The molecule has 3 atom stereocenters. The number of likely N-dealkylation sites (N-methyl/N-ethyl adjacent to an activating group) is 1. The van der Waals surface area contributed by atoms with E-state index in [0.717, 1.165) is 67.9 Å². The average Bonchev–Trinajstić information content (AvgIpc) is 3.25. The number of ether oxygens (including phenoxy) is 1. The third kappa shape index (κ3) is 6.65. The molecule has 260 valence electrons. The van der Waals surface area contributed by atoms with E-state index in [-0.39, 0.29) is 36.1 Å². The molecule has 2 N–H and O–H groups in total. The molecule has 48 heavy (non-hydrogen) atoms. The van der Waals surface area contributed by atoms with E-state index in [9.17, 15) is 19.5 Å². The highest BCUT2D eigenvalue weighted by Crippen LogP contribution is 2.46. The molecule has 0 spiro atoms. The molecule has 11 nitrogen and oxygen atoms in total. The van der Waals surface area contributed by atoms with Crippen molar-refractivity contribution in [1.29, 1.82) is 0 Å². The van der Waals surface area contributed by atoms with Crippen LogP contribution in [0.3, 0.4) is 0 Å². The molecule has 4 aliphatic rings. The van der Waals surface area contributed by atoms with Crippen LogP contribution in [0.1, 0.15) is 43.2 Å². The molecular weight excluding hydrogens is 655 g/mol. The van der Waals surface area contributed by atoms with Gasteiger partial charge in [0.25, 0.3) is 0 Å². The van der Waals surface area contributed by atoms with Crippen LogP contribution in [0.5, 0.6) is 5.75 Å². The summed E-state index contributed by atoms with van der Waals surface area (Å²) >= 11 is 12.7. The molecule has 3 saturated heterocycles. The number of anilines is 1. The summed E-state index contributed by atoms with van der Waals surface area (Å²) in [4.78, 5) is 49.4. The molecule has 2 aromatic rings. The number of benzene rings is 2. The van der Waals surface area contributed by atoms with Crippen LogP contribution in [-0.4, -0.2) is 132 Å². The maximum atomic E-state index is 13.8. The molecule has 0 bridgehead atoms. The number of urea groups is 1. The number of fused-ring (bicyclic) bond motifs is 1. The van der Waals surface area contributed by atoms with Crippen LogP contribution in [0.2, 0.25) is 10.0 Å². The summed E-state index contributed by atoms with van der Waals surface area (Å²) in [7, 11) is 3.77. The maximum Gasteiger partial charge on any atom is 0.515 e. The Morgan fingerprint density at radius 3 is 2.44 bits per heavy atom. The van der Waals surface area contributed by atoms with Crippen molar-refractivity contribution in [3.63, 3.8) is 0 Å². The van der Waals surface area contributed by atoms with Crippen LogP contribution in [0.25, 0.3) is 0 Å².